The fourth-order valence-corrected chi connectivity index (χ4v) is 2.16. The summed E-state index contributed by atoms with van der Waals surface area (Å²) < 4.78 is 0. The topological polar surface area (TPSA) is 44.4 Å². The minimum Gasteiger partial charge on any atom is -0.355 e. The molecule has 1 saturated heterocycles. The van der Waals surface area contributed by atoms with Crippen LogP contribution in [0, 0.1) is 0 Å². The normalized spacial score (nSPS) is 17.8. The van der Waals surface area contributed by atoms with Crippen LogP contribution < -0.4 is 10.6 Å². The predicted molar refractivity (Wildman–Crippen MR) is 72.0 cm³/mol. The summed E-state index contributed by atoms with van der Waals surface area (Å²) in [6.45, 7) is 4.59. The van der Waals surface area contributed by atoms with Gasteiger partial charge < -0.3 is 10.6 Å². The summed E-state index contributed by atoms with van der Waals surface area (Å²) in [4.78, 5) is 13.5. The second-order valence-electron chi connectivity index (χ2n) is 4.70. The van der Waals surface area contributed by atoms with Gasteiger partial charge in [-0.15, -0.1) is 0 Å². The lowest BCUT2D eigenvalue weighted by molar-refractivity contribution is 0.233. The van der Waals surface area contributed by atoms with Gasteiger partial charge in [-0.1, -0.05) is 18.2 Å². The van der Waals surface area contributed by atoms with Gasteiger partial charge in [0.05, 0.1) is 12.1 Å². The number of rotatable bonds is 1. The number of carbonyl (C=O) groups is 1. The molecule has 0 spiro atoms. The van der Waals surface area contributed by atoms with E-state index in [0.29, 0.717) is 11.7 Å². The van der Waals surface area contributed by atoms with Crippen LogP contribution in [0.1, 0.15) is 13.8 Å². The van der Waals surface area contributed by atoms with Gasteiger partial charge in [-0.3, -0.25) is 4.90 Å². The third kappa shape index (κ3) is 2.74. The lowest BCUT2D eigenvalue weighted by Crippen LogP contribution is -2.37. The summed E-state index contributed by atoms with van der Waals surface area (Å²) in [7, 11) is 0. The summed E-state index contributed by atoms with van der Waals surface area (Å²) in [6.07, 6.45) is 0. The van der Waals surface area contributed by atoms with E-state index in [1.54, 1.807) is 4.90 Å². The number of hydrogen-bond donors (Lipinski definition) is 2. The Kier molecular flexibility index (Phi) is 3.02. The maximum absolute atomic E-state index is 12.0. The van der Waals surface area contributed by atoms with Crippen molar-refractivity contribution in [3.05, 3.63) is 30.3 Å². The van der Waals surface area contributed by atoms with Gasteiger partial charge >= 0.3 is 6.03 Å². The van der Waals surface area contributed by atoms with Crippen molar-refractivity contribution in [2.45, 2.75) is 19.4 Å². The van der Waals surface area contributed by atoms with Crippen LogP contribution >= 0.6 is 12.2 Å². The number of nitrogens with one attached hydrogen (secondary N) is 2. The van der Waals surface area contributed by atoms with Crippen LogP contribution in [0.15, 0.2) is 30.3 Å². The molecule has 0 bridgehead atoms. The van der Waals surface area contributed by atoms with Gasteiger partial charge in [-0.2, -0.15) is 0 Å². The van der Waals surface area contributed by atoms with Crippen LogP contribution in [0.2, 0.25) is 0 Å². The number of carbonyl (C=O) groups excluding carboxylic acids is 1. The van der Waals surface area contributed by atoms with Crippen molar-refractivity contribution in [3.8, 4) is 0 Å². The number of anilines is 1. The second kappa shape index (κ2) is 4.33. The van der Waals surface area contributed by atoms with E-state index in [2.05, 4.69) is 10.6 Å². The first kappa shape index (κ1) is 11.9. The van der Waals surface area contributed by atoms with Crippen molar-refractivity contribution in [1.82, 2.24) is 10.2 Å². The van der Waals surface area contributed by atoms with Crippen molar-refractivity contribution in [2.75, 3.05) is 11.9 Å². The van der Waals surface area contributed by atoms with Crippen LogP contribution in [0.3, 0.4) is 0 Å². The number of para-hydroxylation sites is 1. The van der Waals surface area contributed by atoms with Crippen molar-refractivity contribution >= 4 is 29.0 Å². The van der Waals surface area contributed by atoms with Gasteiger partial charge in [-0.05, 0) is 38.2 Å². The molecular weight excluding hydrogens is 234 g/mol. The molecule has 1 aliphatic heterocycles. The Labute approximate surface area is 106 Å². The third-order valence-electron chi connectivity index (χ3n) is 2.51. The molecule has 0 radical (unpaired) electrons. The predicted octanol–water partition coefficient (Wildman–Crippen LogP) is 2.19. The number of nitrogens with zero attached hydrogens (tertiary/aromatic N) is 1. The second-order valence-corrected chi connectivity index (χ2v) is 5.08. The Morgan fingerprint density at radius 2 is 2.06 bits per heavy atom. The van der Waals surface area contributed by atoms with Gasteiger partial charge in [0, 0.05) is 5.69 Å². The first-order valence-corrected chi connectivity index (χ1v) is 5.84. The number of benzene rings is 1. The highest BCUT2D eigenvalue weighted by Crippen LogP contribution is 2.16. The molecule has 0 atom stereocenters. The molecule has 0 aliphatic carbocycles. The molecule has 1 aromatic rings. The summed E-state index contributed by atoms with van der Waals surface area (Å²) in [5.74, 6) is 0. The molecular formula is C12H15N3OS. The first-order chi connectivity index (χ1) is 7.98. The molecule has 2 amide bonds. The van der Waals surface area contributed by atoms with E-state index in [1.165, 1.54) is 0 Å². The molecule has 1 aromatic carbocycles. The quantitative estimate of drug-likeness (QED) is 0.750. The highest BCUT2D eigenvalue weighted by Gasteiger charge is 2.35. The Hall–Kier alpha value is -1.62. The lowest BCUT2D eigenvalue weighted by atomic mass is 10.1. The van der Waals surface area contributed by atoms with Crippen LogP contribution in [-0.4, -0.2) is 28.1 Å². The van der Waals surface area contributed by atoms with E-state index in [0.717, 1.165) is 5.69 Å². The van der Waals surface area contributed by atoms with E-state index in [-0.39, 0.29) is 11.6 Å². The molecule has 0 aromatic heterocycles. The van der Waals surface area contributed by atoms with Crippen LogP contribution in [0.5, 0.6) is 0 Å². The molecule has 2 N–H and O–H groups in total. The van der Waals surface area contributed by atoms with Gasteiger partial charge in [-0.25, -0.2) is 4.79 Å². The highest BCUT2D eigenvalue weighted by atomic mass is 32.1. The molecule has 5 heteroatoms. The average molecular weight is 249 g/mol. The summed E-state index contributed by atoms with van der Waals surface area (Å²) in [6, 6.07) is 9.14. The molecule has 90 valence electrons. The molecule has 1 aliphatic rings. The summed E-state index contributed by atoms with van der Waals surface area (Å²) in [5, 5.41) is 6.39. The van der Waals surface area contributed by atoms with E-state index in [9.17, 15) is 4.79 Å². The zero-order valence-corrected chi connectivity index (χ0v) is 10.7. The van der Waals surface area contributed by atoms with Crippen LogP contribution in [0.4, 0.5) is 10.5 Å². The third-order valence-corrected chi connectivity index (χ3v) is 2.84. The summed E-state index contributed by atoms with van der Waals surface area (Å²) >= 11 is 5.14. The number of hydrogen-bond acceptors (Lipinski definition) is 2. The maximum Gasteiger partial charge on any atom is 0.328 e. The Morgan fingerprint density at radius 1 is 1.41 bits per heavy atom. The molecule has 1 fully saturated rings. The van der Waals surface area contributed by atoms with E-state index in [4.69, 9.17) is 12.2 Å². The van der Waals surface area contributed by atoms with Gasteiger partial charge in [0.1, 0.15) is 0 Å². The van der Waals surface area contributed by atoms with E-state index in [1.807, 2.05) is 44.2 Å². The molecule has 0 unspecified atom stereocenters. The van der Waals surface area contributed by atoms with Gasteiger partial charge in [0.25, 0.3) is 0 Å². The standard InChI is InChI=1S/C12H15N3OS/c1-12(2)8-15(11(17)14-12)10(16)13-9-6-4-3-5-7-9/h3-7H,8H2,1-2H3,(H,13,16)(H,14,17). The Balaban J connectivity index is 2.05. The monoisotopic (exact) mass is 249 g/mol. The number of amides is 2. The smallest absolute Gasteiger partial charge is 0.328 e. The van der Waals surface area contributed by atoms with Gasteiger partial charge in [0.15, 0.2) is 5.11 Å². The fraction of sp³-hybridized carbons (Fsp3) is 0.333. The minimum absolute atomic E-state index is 0.162. The minimum atomic E-state index is -0.195. The van der Waals surface area contributed by atoms with E-state index >= 15 is 0 Å². The van der Waals surface area contributed by atoms with E-state index < -0.39 is 0 Å². The Bertz CT molecular complexity index is 444. The molecule has 4 nitrogen and oxygen atoms in total. The molecule has 1 heterocycles. The first-order valence-electron chi connectivity index (χ1n) is 5.44. The largest absolute Gasteiger partial charge is 0.355 e. The molecule has 2 rings (SSSR count). The molecule has 17 heavy (non-hydrogen) atoms. The number of thiocarbonyl (C=S) groups is 1. The lowest BCUT2D eigenvalue weighted by Gasteiger charge is -2.17. The van der Waals surface area contributed by atoms with Crippen LogP contribution in [-0.2, 0) is 0 Å². The number of urea groups is 1. The summed E-state index contributed by atoms with van der Waals surface area (Å²) in [5.41, 5.74) is 0.607. The highest BCUT2D eigenvalue weighted by molar-refractivity contribution is 7.80. The Morgan fingerprint density at radius 3 is 2.59 bits per heavy atom. The van der Waals surface area contributed by atoms with Crippen LogP contribution in [0.25, 0.3) is 0 Å². The van der Waals surface area contributed by atoms with Crippen molar-refractivity contribution in [2.24, 2.45) is 0 Å². The average Bonchev–Trinajstić information content (AvgIpc) is 2.54. The van der Waals surface area contributed by atoms with Gasteiger partial charge in [0.2, 0.25) is 0 Å². The fourth-order valence-electron chi connectivity index (χ4n) is 1.74. The SMILES string of the molecule is CC1(C)CN(C(=O)Nc2ccccc2)C(=S)N1. The zero-order chi connectivity index (χ0) is 12.5. The van der Waals surface area contributed by atoms with Crippen molar-refractivity contribution < 1.29 is 4.79 Å². The van der Waals surface area contributed by atoms with Crippen molar-refractivity contribution in [1.29, 1.82) is 0 Å². The van der Waals surface area contributed by atoms with Crippen molar-refractivity contribution in [3.63, 3.8) is 0 Å². The molecule has 0 saturated carbocycles. The zero-order valence-electron chi connectivity index (χ0n) is 9.86. The maximum atomic E-state index is 12.0.